The molecule has 1 aliphatic rings. The van der Waals surface area contributed by atoms with Crippen LogP contribution in [0.5, 0.6) is 0 Å². The maximum atomic E-state index is 13.7. The van der Waals surface area contributed by atoms with Gasteiger partial charge in [-0.15, -0.1) is 11.3 Å². The van der Waals surface area contributed by atoms with Crippen molar-refractivity contribution in [2.45, 2.75) is 24.9 Å². The van der Waals surface area contributed by atoms with Crippen LogP contribution in [0.1, 0.15) is 26.8 Å². The van der Waals surface area contributed by atoms with Crippen molar-refractivity contribution in [3.8, 4) is 0 Å². The molecule has 138 valence electrons. The van der Waals surface area contributed by atoms with Crippen LogP contribution in [-0.2, 0) is 0 Å². The molecular formula is C17H15F3N2O3S. The zero-order chi connectivity index (χ0) is 19.1. The van der Waals surface area contributed by atoms with Gasteiger partial charge in [0, 0.05) is 0 Å². The summed E-state index contributed by atoms with van der Waals surface area (Å²) in [4.78, 5) is 24.7. The largest absolute Gasteiger partial charge is 0.437 e. The second-order valence-corrected chi connectivity index (χ2v) is 7.02. The van der Waals surface area contributed by atoms with Crippen LogP contribution in [0.3, 0.4) is 0 Å². The first-order valence-corrected chi connectivity index (χ1v) is 8.53. The minimum atomic E-state index is -5.24. The Morgan fingerprint density at radius 2 is 1.88 bits per heavy atom. The van der Waals surface area contributed by atoms with E-state index in [9.17, 15) is 27.9 Å². The minimum Gasteiger partial charge on any atom is -0.363 e. The van der Waals surface area contributed by atoms with Crippen molar-refractivity contribution in [3.05, 3.63) is 57.8 Å². The van der Waals surface area contributed by atoms with Crippen LogP contribution in [0.2, 0.25) is 0 Å². The molecule has 5 nitrogen and oxygen atoms in total. The van der Waals surface area contributed by atoms with Crippen molar-refractivity contribution in [2.75, 3.05) is 0 Å². The number of carbonyl (C=O) groups is 2. The molecule has 1 aliphatic heterocycles. The first-order valence-electron chi connectivity index (χ1n) is 7.65. The Morgan fingerprint density at radius 1 is 1.23 bits per heavy atom. The summed E-state index contributed by atoms with van der Waals surface area (Å²) in [6, 6.07) is 6.73. The number of benzene rings is 1. The van der Waals surface area contributed by atoms with Gasteiger partial charge in [-0.3, -0.25) is 4.79 Å². The maximum absolute atomic E-state index is 13.7. The normalized spacial score (nSPS) is 26.1. The monoisotopic (exact) mass is 384 g/mol. The molecule has 0 unspecified atom stereocenters. The Labute approximate surface area is 150 Å². The number of hydrogen-bond donors (Lipinski definition) is 3. The van der Waals surface area contributed by atoms with Crippen molar-refractivity contribution >= 4 is 23.2 Å². The van der Waals surface area contributed by atoms with E-state index in [1.165, 1.54) is 29.6 Å². The number of alkyl halides is 3. The van der Waals surface area contributed by atoms with Crippen LogP contribution in [-0.4, -0.2) is 28.8 Å². The van der Waals surface area contributed by atoms with Crippen molar-refractivity contribution in [1.82, 2.24) is 10.6 Å². The Kier molecular flexibility index (Phi) is 4.53. The van der Waals surface area contributed by atoms with Crippen LogP contribution in [0, 0.1) is 12.8 Å². The Hall–Kier alpha value is -2.39. The highest BCUT2D eigenvalue weighted by Gasteiger charge is 2.66. The van der Waals surface area contributed by atoms with Crippen molar-refractivity contribution in [1.29, 1.82) is 0 Å². The SMILES string of the molecule is Cc1ccc([C@H]2NC(=O)N[C@@](O)(C(F)(F)F)[C@H]2C(=O)c2cccs2)cc1. The van der Waals surface area contributed by atoms with E-state index in [0.717, 1.165) is 16.9 Å². The number of amides is 2. The summed E-state index contributed by atoms with van der Waals surface area (Å²) in [5.41, 5.74) is -2.53. The molecule has 1 fully saturated rings. The second kappa shape index (κ2) is 6.40. The minimum absolute atomic E-state index is 0.0627. The van der Waals surface area contributed by atoms with Gasteiger partial charge in [-0.05, 0) is 23.9 Å². The lowest BCUT2D eigenvalue weighted by molar-refractivity contribution is -0.287. The lowest BCUT2D eigenvalue weighted by atomic mass is 9.78. The maximum Gasteiger partial charge on any atom is 0.437 e. The fourth-order valence-electron chi connectivity index (χ4n) is 2.96. The number of thiophene rings is 1. The molecule has 0 bridgehead atoms. The molecule has 0 spiro atoms. The number of carbonyl (C=O) groups excluding carboxylic acids is 2. The number of aliphatic hydroxyl groups is 1. The van der Waals surface area contributed by atoms with Crippen LogP contribution >= 0.6 is 11.3 Å². The van der Waals surface area contributed by atoms with Gasteiger partial charge in [0.05, 0.1) is 10.9 Å². The second-order valence-electron chi connectivity index (χ2n) is 6.07. The number of aryl methyl sites for hydroxylation is 1. The van der Waals surface area contributed by atoms with Gasteiger partial charge < -0.3 is 15.7 Å². The highest BCUT2D eigenvalue weighted by atomic mass is 32.1. The molecule has 2 heterocycles. The zero-order valence-corrected chi connectivity index (χ0v) is 14.3. The van der Waals surface area contributed by atoms with E-state index < -0.39 is 35.7 Å². The summed E-state index contributed by atoms with van der Waals surface area (Å²) in [5, 5.41) is 15.8. The lowest BCUT2D eigenvalue weighted by Gasteiger charge is -2.44. The molecule has 0 aliphatic carbocycles. The molecule has 1 saturated heterocycles. The van der Waals surface area contributed by atoms with Gasteiger partial charge in [-0.25, -0.2) is 4.79 Å². The average molecular weight is 384 g/mol. The van der Waals surface area contributed by atoms with Gasteiger partial charge in [-0.2, -0.15) is 13.2 Å². The fraction of sp³-hybridized carbons (Fsp3) is 0.294. The Balaban J connectivity index is 2.14. The summed E-state index contributed by atoms with van der Waals surface area (Å²) in [5.74, 6) is -2.89. The quantitative estimate of drug-likeness (QED) is 0.712. The number of ketones is 1. The number of nitrogens with one attached hydrogen (secondary N) is 2. The van der Waals surface area contributed by atoms with Gasteiger partial charge in [0.25, 0.3) is 0 Å². The molecule has 2 amide bonds. The molecular weight excluding hydrogens is 369 g/mol. The van der Waals surface area contributed by atoms with Crippen LogP contribution in [0.25, 0.3) is 0 Å². The highest BCUT2D eigenvalue weighted by Crippen LogP contribution is 2.44. The Morgan fingerprint density at radius 3 is 2.42 bits per heavy atom. The van der Waals surface area contributed by atoms with E-state index in [0.29, 0.717) is 5.56 Å². The van der Waals surface area contributed by atoms with Crippen molar-refractivity contribution < 1.29 is 27.9 Å². The predicted molar refractivity (Wildman–Crippen MR) is 88.7 cm³/mol. The van der Waals surface area contributed by atoms with Gasteiger partial charge in [0.1, 0.15) is 5.92 Å². The third-order valence-corrected chi connectivity index (χ3v) is 5.17. The molecule has 3 N–H and O–H groups in total. The van der Waals surface area contributed by atoms with Gasteiger partial charge in [0.15, 0.2) is 5.78 Å². The first kappa shape index (κ1) is 18.4. The van der Waals surface area contributed by atoms with E-state index in [1.54, 1.807) is 24.4 Å². The molecule has 0 radical (unpaired) electrons. The molecule has 3 rings (SSSR count). The molecule has 26 heavy (non-hydrogen) atoms. The Bertz CT molecular complexity index is 821. The molecule has 0 saturated carbocycles. The average Bonchev–Trinajstić information content (AvgIpc) is 3.08. The molecule has 2 aromatic rings. The highest BCUT2D eigenvalue weighted by molar-refractivity contribution is 7.12. The zero-order valence-electron chi connectivity index (χ0n) is 13.5. The number of hydrogen-bond acceptors (Lipinski definition) is 4. The lowest BCUT2D eigenvalue weighted by Crippen LogP contribution is -2.72. The van der Waals surface area contributed by atoms with Crippen LogP contribution in [0.15, 0.2) is 41.8 Å². The fourth-order valence-corrected chi connectivity index (χ4v) is 3.67. The van der Waals surface area contributed by atoms with E-state index in [1.807, 2.05) is 0 Å². The van der Waals surface area contributed by atoms with Gasteiger partial charge in [-0.1, -0.05) is 35.9 Å². The predicted octanol–water partition coefficient (Wildman–Crippen LogP) is 3.16. The standard InChI is InChI=1S/C17H15F3N2O3S/c1-9-4-6-10(7-5-9)13-12(14(23)11-3-2-8-26-11)16(25,17(18,19)20)22-15(24)21-13/h2-8,12-13,25H,1H3,(H2,21,22,24)/t12-,13-,16+/m1/s1. The molecule has 1 aromatic carbocycles. The smallest absolute Gasteiger partial charge is 0.363 e. The third-order valence-electron chi connectivity index (χ3n) is 4.29. The van der Waals surface area contributed by atoms with Gasteiger partial charge >= 0.3 is 12.2 Å². The topological polar surface area (TPSA) is 78.4 Å². The summed E-state index contributed by atoms with van der Waals surface area (Å²) < 4.78 is 41.0. The van der Waals surface area contributed by atoms with Crippen LogP contribution < -0.4 is 10.6 Å². The molecule has 1 aromatic heterocycles. The van der Waals surface area contributed by atoms with Crippen LogP contribution in [0.4, 0.5) is 18.0 Å². The summed E-state index contributed by atoms with van der Waals surface area (Å²) >= 11 is 0.968. The van der Waals surface area contributed by atoms with Gasteiger partial charge in [0.2, 0.25) is 5.72 Å². The third kappa shape index (κ3) is 3.08. The number of urea groups is 1. The van der Waals surface area contributed by atoms with E-state index >= 15 is 0 Å². The van der Waals surface area contributed by atoms with Crippen molar-refractivity contribution in [2.24, 2.45) is 5.92 Å². The molecule has 3 atom stereocenters. The summed E-state index contributed by atoms with van der Waals surface area (Å²) in [7, 11) is 0. The summed E-state index contributed by atoms with van der Waals surface area (Å²) in [6.45, 7) is 1.80. The first-order chi connectivity index (χ1) is 12.1. The van der Waals surface area contributed by atoms with E-state index in [4.69, 9.17) is 0 Å². The number of Topliss-reactive ketones (excluding diaryl/α,β-unsaturated/α-hetero) is 1. The molecule has 9 heteroatoms. The summed E-state index contributed by atoms with van der Waals surface area (Å²) in [6.07, 6.45) is -5.24. The van der Waals surface area contributed by atoms with E-state index in [2.05, 4.69) is 5.32 Å². The van der Waals surface area contributed by atoms with E-state index in [-0.39, 0.29) is 4.88 Å². The van der Waals surface area contributed by atoms with Crippen molar-refractivity contribution in [3.63, 3.8) is 0 Å². The number of rotatable bonds is 3. The number of halogens is 3.